The van der Waals surface area contributed by atoms with Crippen molar-refractivity contribution in [2.75, 3.05) is 0 Å². The summed E-state index contributed by atoms with van der Waals surface area (Å²) in [5, 5.41) is 9.81. The van der Waals surface area contributed by atoms with Crippen molar-refractivity contribution < 1.29 is 23.9 Å². The Labute approximate surface area is 236 Å². The van der Waals surface area contributed by atoms with Crippen molar-refractivity contribution in [3.8, 4) is 22.8 Å². The van der Waals surface area contributed by atoms with Crippen LogP contribution in [0.15, 0.2) is 106 Å². The monoisotopic (exact) mass is 568 g/mol. The number of esters is 1. The lowest BCUT2D eigenvalue weighted by Gasteiger charge is -2.05. The number of amides is 3. The number of ether oxygens (including phenoxy) is 1. The van der Waals surface area contributed by atoms with E-state index in [4.69, 9.17) is 4.74 Å². The third kappa shape index (κ3) is 6.54. The normalized spacial score (nSPS) is 13.9. The maximum absolute atomic E-state index is 13.2. The summed E-state index contributed by atoms with van der Waals surface area (Å²) >= 11 is 0.612. The predicted molar refractivity (Wildman–Crippen MR) is 150 cm³/mol. The highest BCUT2D eigenvalue weighted by Crippen LogP contribution is 2.23. The van der Waals surface area contributed by atoms with Crippen LogP contribution >= 0.6 is 11.8 Å². The van der Waals surface area contributed by atoms with Crippen LogP contribution in [0.3, 0.4) is 0 Å². The number of nitrogens with zero attached hydrogens (tertiary/aromatic N) is 4. The second-order valence-corrected chi connectivity index (χ2v) is 9.45. The molecule has 0 atom stereocenters. The van der Waals surface area contributed by atoms with E-state index in [1.165, 1.54) is 22.9 Å². The molecule has 0 unspecified atom stereocenters. The van der Waals surface area contributed by atoms with Gasteiger partial charge in [0.1, 0.15) is 12.3 Å². The molecule has 3 aromatic carbocycles. The zero-order valence-electron chi connectivity index (χ0n) is 21.1. The largest absolute Gasteiger partial charge is 0.423 e. The maximum atomic E-state index is 13.2. The second kappa shape index (κ2) is 12.1. The van der Waals surface area contributed by atoms with Gasteiger partial charge in [-0.1, -0.05) is 48.5 Å². The summed E-state index contributed by atoms with van der Waals surface area (Å²) in [6.07, 6.45) is 2.31. The Morgan fingerprint density at radius 3 is 2.29 bits per heavy atom. The molecule has 2 heterocycles. The third-order valence-electron chi connectivity index (χ3n) is 5.57. The maximum Gasteiger partial charge on any atom is 0.351 e. The average Bonchev–Trinajstić information content (AvgIpc) is 3.47. The zero-order valence-corrected chi connectivity index (χ0v) is 21.9. The van der Waals surface area contributed by atoms with Crippen molar-refractivity contribution in [3.63, 3.8) is 0 Å². The molecule has 2 N–H and O–H groups in total. The average molecular weight is 569 g/mol. The van der Waals surface area contributed by atoms with Crippen LogP contribution in [0.25, 0.3) is 17.1 Å². The fourth-order valence-electron chi connectivity index (χ4n) is 3.74. The third-order valence-corrected chi connectivity index (χ3v) is 6.38. The lowest BCUT2D eigenvalue weighted by atomic mass is 10.2. The molecular formula is C28H20N6O6S. The molecule has 1 fully saturated rings. The van der Waals surface area contributed by atoms with Crippen LogP contribution in [0.1, 0.15) is 5.56 Å². The zero-order chi connectivity index (χ0) is 28.8. The summed E-state index contributed by atoms with van der Waals surface area (Å²) < 4.78 is 7.65. The van der Waals surface area contributed by atoms with E-state index in [0.29, 0.717) is 28.8 Å². The van der Waals surface area contributed by atoms with E-state index in [1.807, 2.05) is 53.8 Å². The molecule has 41 heavy (non-hydrogen) atoms. The summed E-state index contributed by atoms with van der Waals surface area (Å²) in [6.45, 7) is -0.359. The summed E-state index contributed by atoms with van der Waals surface area (Å²) in [5.41, 5.74) is 3.81. The molecule has 0 radical (unpaired) electrons. The van der Waals surface area contributed by atoms with Crippen LogP contribution < -0.4 is 21.2 Å². The molecule has 4 aromatic rings. The summed E-state index contributed by atoms with van der Waals surface area (Å²) in [5.74, 6) is -1.44. The highest BCUT2D eigenvalue weighted by Gasteiger charge is 2.26. The van der Waals surface area contributed by atoms with Gasteiger partial charge in [-0.3, -0.25) is 19.7 Å². The van der Waals surface area contributed by atoms with E-state index >= 15 is 0 Å². The number of benzene rings is 3. The number of hydrogen-bond acceptors (Lipinski definition) is 9. The number of carbonyl (C=O) groups excluding carboxylic acids is 4. The van der Waals surface area contributed by atoms with Gasteiger partial charge in [0.25, 0.3) is 17.1 Å². The van der Waals surface area contributed by atoms with E-state index in [2.05, 4.69) is 15.6 Å². The van der Waals surface area contributed by atoms with Gasteiger partial charge in [-0.15, -0.1) is 5.10 Å². The molecule has 0 saturated carbocycles. The molecule has 13 heteroatoms. The fourth-order valence-corrected chi connectivity index (χ4v) is 4.38. The highest BCUT2D eigenvalue weighted by molar-refractivity contribution is 8.18. The number of carbonyl (C=O) groups is 4. The Balaban J connectivity index is 1.22. The summed E-state index contributed by atoms with van der Waals surface area (Å²) in [4.78, 5) is 60.4. The lowest BCUT2D eigenvalue weighted by molar-refractivity contribution is -0.129. The molecule has 204 valence electrons. The first-order chi connectivity index (χ1) is 19.9. The second-order valence-electron chi connectivity index (χ2n) is 8.44. The van der Waals surface area contributed by atoms with Gasteiger partial charge in [0.05, 0.1) is 16.8 Å². The van der Waals surface area contributed by atoms with Crippen LogP contribution in [-0.2, 0) is 20.9 Å². The minimum absolute atomic E-state index is 0.0510. The Hall–Kier alpha value is -5.56. The lowest BCUT2D eigenvalue weighted by Crippen LogP contribution is -2.31. The molecule has 1 saturated heterocycles. The number of hydrazone groups is 1. The van der Waals surface area contributed by atoms with Crippen LogP contribution in [0.4, 0.5) is 4.79 Å². The molecule has 1 aromatic heterocycles. The first kappa shape index (κ1) is 27.0. The quantitative estimate of drug-likeness (QED) is 0.108. The number of rotatable bonds is 8. The van der Waals surface area contributed by atoms with Gasteiger partial charge in [-0.2, -0.15) is 5.10 Å². The van der Waals surface area contributed by atoms with Crippen molar-refractivity contribution in [2.45, 2.75) is 6.54 Å². The number of aromatic nitrogens is 3. The molecular weight excluding hydrogens is 548 g/mol. The molecule has 1 aliphatic rings. The Bertz CT molecular complexity index is 1740. The van der Waals surface area contributed by atoms with Gasteiger partial charge >= 0.3 is 11.7 Å². The standard InChI is InChI=1S/C28H20N6O6S/c35-23(17-33-28(39)34(20-9-5-2-6-10-20)25(32-33)19-7-3-1-4-8-19)31-29-16-18-11-13-21(14-12-18)40-24(36)15-22-26(37)30-27(38)41-22/h1-16H,17H2,(H,31,35)(H,30,37,38)/b22-15+,29-16-. The Morgan fingerprint density at radius 2 is 1.63 bits per heavy atom. The van der Waals surface area contributed by atoms with E-state index in [-0.39, 0.29) is 17.2 Å². The van der Waals surface area contributed by atoms with E-state index in [1.54, 1.807) is 24.3 Å². The fraction of sp³-hybridized carbons (Fsp3) is 0.0357. The topological polar surface area (TPSA) is 154 Å². The number of thioether (sulfide) groups is 1. The molecule has 0 bridgehead atoms. The number of imide groups is 1. The van der Waals surface area contributed by atoms with Crippen molar-refractivity contribution in [1.82, 2.24) is 25.1 Å². The Kier molecular flexibility index (Phi) is 7.97. The minimum atomic E-state index is -0.814. The van der Waals surface area contributed by atoms with Gasteiger partial charge in [0.2, 0.25) is 0 Å². The van der Waals surface area contributed by atoms with Crippen molar-refractivity contribution >= 4 is 41.0 Å². The molecule has 5 rings (SSSR count). The highest BCUT2D eigenvalue weighted by atomic mass is 32.2. The minimum Gasteiger partial charge on any atom is -0.423 e. The summed E-state index contributed by atoms with van der Waals surface area (Å²) in [7, 11) is 0. The summed E-state index contributed by atoms with van der Waals surface area (Å²) in [6, 6.07) is 24.4. The molecule has 0 aliphatic carbocycles. The van der Waals surface area contributed by atoms with E-state index in [0.717, 1.165) is 16.3 Å². The number of para-hydroxylation sites is 1. The Morgan fingerprint density at radius 1 is 0.951 bits per heavy atom. The van der Waals surface area contributed by atoms with Crippen molar-refractivity contribution in [2.24, 2.45) is 5.10 Å². The van der Waals surface area contributed by atoms with Crippen molar-refractivity contribution in [3.05, 3.63) is 112 Å². The van der Waals surface area contributed by atoms with Gasteiger partial charge in [-0.25, -0.2) is 24.3 Å². The van der Waals surface area contributed by atoms with Crippen LogP contribution in [0.5, 0.6) is 5.75 Å². The van der Waals surface area contributed by atoms with Gasteiger partial charge in [0, 0.05) is 11.6 Å². The molecule has 12 nitrogen and oxygen atoms in total. The van der Waals surface area contributed by atoms with Crippen LogP contribution in [0.2, 0.25) is 0 Å². The predicted octanol–water partition coefficient (Wildman–Crippen LogP) is 2.62. The smallest absolute Gasteiger partial charge is 0.351 e. The van der Waals surface area contributed by atoms with Crippen molar-refractivity contribution in [1.29, 1.82) is 0 Å². The molecule has 0 spiro atoms. The van der Waals surface area contributed by atoms with Crippen LogP contribution in [0, 0.1) is 0 Å². The number of hydrogen-bond donors (Lipinski definition) is 2. The first-order valence-electron chi connectivity index (χ1n) is 12.1. The van der Waals surface area contributed by atoms with E-state index < -0.39 is 28.7 Å². The van der Waals surface area contributed by atoms with Gasteiger partial charge < -0.3 is 4.74 Å². The SMILES string of the molecule is O=C(Cn1nc(-c2ccccc2)n(-c2ccccc2)c1=O)N/N=C\c1ccc(OC(=O)/C=C2/SC(=O)NC2=O)cc1. The van der Waals surface area contributed by atoms with Gasteiger partial charge in [-0.05, 0) is 53.7 Å². The van der Waals surface area contributed by atoms with Crippen LogP contribution in [-0.4, -0.2) is 43.6 Å². The molecule has 3 amide bonds. The van der Waals surface area contributed by atoms with Gasteiger partial charge in [0.15, 0.2) is 5.82 Å². The first-order valence-corrected chi connectivity index (χ1v) is 12.9. The molecule has 1 aliphatic heterocycles. The number of nitrogens with one attached hydrogen (secondary N) is 2. The van der Waals surface area contributed by atoms with E-state index in [9.17, 15) is 24.0 Å².